The predicted octanol–water partition coefficient (Wildman–Crippen LogP) is 5.34. The number of sulfonamides is 1. The van der Waals surface area contributed by atoms with Crippen molar-refractivity contribution in [3.63, 3.8) is 0 Å². The smallest absolute Gasteiger partial charge is 0.253 e. The minimum Gasteiger partial charge on any atom is -0.489 e. The average Bonchev–Trinajstić information content (AvgIpc) is 3.47. The predicted molar refractivity (Wildman–Crippen MR) is 127 cm³/mol. The van der Waals surface area contributed by atoms with Crippen molar-refractivity contribution in [3.05, 3.63) is 82.2 Å². The summed E-state index contributed by atoms with van der Waals surface area (Å²) in [7, 11) is -3.71. The second kappa shape index (κ2) is 10.2. The summed E-state index contributed by atoms with van der Waals surface area (Å²) in [6.45, 7) is 0.810. The van der Waals surface area contributed by atoms with Crippen LogP contribution in [0.15, 0.2) is 70.9 Å². The zero-order valence-corrected chi connectivity index (χ0v) is 19.8. The van der Waals surface area contributed by atoms with Crippen LogP contribution < -0.4 is 4.74 Å². The van der Waals surface area contributed by atoms with Crippen molar-refractivity contribution < 1.29 is 17.9 Å². The van der Waals surface area contributed by atoms with Gasteiger partial charge in [-0.05, 0) is 54.7 Å². The van der Waals surface area contributed by atoms with Crippen molar-refractivity contribution in [3.8, 4) is 5.75 Å². The molecule has 1 aliphatic heterocycles. The van der Waals surface area contributed by atoms with Crippen LogP contribution in [-0.4, -0.2) is 31.1 Å². The molecular formula is C24H24ClNO4S2. The molecule has 5 nitrogen and oxygen atoms in total. The van der Waals surface area contributed by atoms with Gasteiger partial charge in [0.05, 0.1) is 10.4 Å². The summed E-state index contributed by atoms with van der Waals surface area (Å²) in [4.78, 5) is 13.0. The first kappa shape index (κ1) is 23.0. The summed E-state index contributed by atoms with van der Waals surface area (Å²) in [6, 6.07) is 20.1. The van der Waals surface area contributed by atoms with Crippen LogP contribution in [-0.2, 0) is 27.8 Å². The molecule has 0 radical (unpaired) electrons. The summed E-state index contributed by atoms with van der Waals surface area (Å²) < 4.78 is 33.7. The molecule has 2 heterocycles. The van der Waals surface area contributed by atoms with Crippen molar-refractivity contribution in [1.29, 1.82) is 0 Å². The first-order valence-corrected chi connectivity index (χ1v) is 13.1. The Hall–Kier alpha value is -2.19. The molecule has 0 spiro atoms. The zero-order valence-electron chi connectivity index (χ0n) is 17.4. The molecule has 1 saturated heterocycles. The molecule has 168 valence electrons. The number of benzene rings is 2. The Labute approximate surface area is 197 Å². The second-order valence-corrected chi connectivity index (χ2v) is 11.6. The Morgan fingerprint density at radius 3 is 2.59 bits per heavy atom. The van der Waals surface area contributed by atoms with Gasteiger partial charge in [0, 0.05) is 13.0 Å². The number of nitrogens with zero attached hydrogens (tertiary/aromatic N) is 1. The van der Waals surface area contributed by atoms with E-state index < -0.39 is 16.1 Å². The fourth-order valence-electron chi connectivity index (χ4n) is 3.89. The minimum absolute atomic E-state index is 0.0420. The van der Waals surface area contributed by atoms with E-state index in [1.165, 1.54) is 10.4 Å². The lowest BCUT2D eigenvalue weighted by Gasteiger charge is -2.22. The summed E-state index contributed by atoms with van der Waals surface area (Å²) in [6.07, 6.45) is 2.10. The molecule has 1 fully saturated rings. The lowest BCUT2D eigenvalue weighted by Crippen LogP contribution is -2.40. The lowest BCUT2D eigenvalue weighted by molar-refractivity contribution is -0.122. The van der Waals surface area contributed by atoms with E-state index in [1.54, 1.807) is 6.07 Å². The van der Waals surface area contributed by atoms with Gasteiger partial charge in [0.2, 0.25) is 0 Å². The van der Waals surface area contributed by atoms with Gasteiger partial charge in [-0.2, -0.15) is 4.31 Å². The largest absolute Gasteiger partial charge is 0.489 e. The Bertz CT molecular complexity index is 1180. The number of thiophene rings is 1. The number of hydrogen-bond acceptors (Lipinski definition) is 5. The number of hydrogen-bond donors (Lipinski definition) is 0. The summed E-state index contributed by atoms with van der Waals surface area (Å²) in [5.74, 6) is 0.766. The van der Waals surface area contributed by atoms with Gasteiger partial charge in [0.1, 0.15) is 16.6 Å². The van der Waals surface area contributed by atoms with Gasteiger partial charge in [-0.15, -0.1) is 11.3 Å². The monoisotopic (exact) mass is 489 g/mol. The van der Waals surface area contributed by atoms with Gasteiger partial charge in [0.15, 0.2) is 5.78 Å². The average molecular weight is 490 g/mol. The number of rotatable bonds is 9. The molecular weight excluding hydrogens is 466 g/mol. The molecule has 3 aromatic rings. The number of ether oxygens (including phenoxy) is 1. The van der Waals surface area contributed by atoms with Crippen LogP contribution in [0.25, 0.3) is 0 Å². The molecule has 8 heteroatoms. The normalized spacial score (nSPS) is 16.8. The third-order valence-corrected chi connectivity index (χ3v) is 9.09. The van der Waals surface area contributed by atoms with E-state index in [9.17, 15) is 13.2 Å². The quantitative estimate of drug-likeness (QED) is 0.407. The molecule has 0 N–H and O–H groups in total. The van der Waals surface area contributed by atoms with Crippen molar-refractivity contribution in [2.75, 3.05) is 6.54 Å². The van der Waals surface area contributed by atoms with E-state index in [1.807, 2.05) is 54.6 Å². The Balaban J connectivity index is 1.37. The van der Waals surface area contributed by atoms with Gasteiger partial charge in [-0.3, -0.25) is 4.79 Å². The molecule has 0 unspecified atom stereocenters. The molecule has 1 atom stereocenters. The topological polar surface area (TPSA) is 63.7 Å². The molecule has 1 aromatic heterocycles. The second-order valence-electron chi connectivity index (χ2n) is 7.72. The van der Waals surface area contributed by atoms with Crippen LogP contribution in [0.5, 0.6) is 5.75 Å². The highest BCUT2D eigenvalue weighted by molar-refractivity contribution is 7.91. The zero-order chi connectivity index (χ0) is 22.6. The molecule has 32 heavy (non-hydrogen) atoms. The number of carbonyl (C=O) groups excluding carboxylic acids is 1. The number of Topliss-reactive ketones (excluding diaryl/α,β-unsaturated/α-hetero) is 1. The number of ketones is 1. The molecule has 0 amide bonds. The summed E-state index contributed by atoms with van der Waals surface area (Å²) in [5.41, 5.74) is 2.06. The SMILES string of the molecule is O=C(CCc1cccc(COc2ccccc2)c1)[C@@H]1CCCN1S(=O)(=O)c1ccc(Cl)s1. The Kier molecular flexibility index (Phi) is 7.30. The van der Waals surface area contributed by atoms with Gasteiger partial charge >= 0.3 is 0 Å². The van der Waals surface area contributed by atoms with Crippen LogP contribution in [0.3, 0.4) is 0 Å². The molecule has 0 bridgehead atoms. The van der Waals surface area contributed by atoms with Crippen LogP contribution in [0, 0.1) is 0 Å². The highest BCUT2D eigenvalue weighted by Crippen LogP contribution is 2.32. The lowest BCUT2D eigenvalue weighted by atomic mass is 10.0. The van der Waals surface area contributed by atoms with Crippen molar-refractivity contribution in [2.45, 2.75) is 42.5 Å². The van der Waals surface area contributed by atoms with E-state index in [4.69, 9.17) is 16.3 Å². The van der Waals surface area contributed by atoms with Gasteiger partial charge in [0.25, 0.3) is 10.0 Å². The first-order chi connectivity index (χ1) is 15.4. The highest BCUT2D eigenvalue weighted by Gasteiger charge is 2.39. The van der Waals surface area contributed by atoms with Gasteiger partial charge in [-0.1, -0.05) is 54.1 Å². The maximum Gasteiger partial charge on any atom is 0.253 e. The van der Waals surface area contributed by atoms with Crippen molar-refractivity contribution >= 4 is 38.7 Å². The number of carbonyl (C=O) groups is 1. The van der Waals surface area contributed by atoms with Gasteiger partial charge in [-0.25, -0.2) is 8.42 Å². The number of aryl methyl sites for hydroxylation is 1. The third kappa shape index (κ3) is 5.41. The number of para-hydroxylation sites is 1. The van der Waals surface area contributed by atoms with Crippen LogP contribution in [0.4, 0.5) is 0 Å². The fraction of sp³-hybridized carbons (Fsp3) is 0.292. The summed E-state index contributed by atoms with van der Waals surface area (Å²) >= 11 is 6.94. The molecule has 1 aliphatic rings. The molecule has 2 aromatic carbocycles. The number of halogens is 1. The first-order valence-electron chi connectivity index (χ1n) is 10.5. The van der Waals surface area contributed by atoms with E-state index in [0.29, 0.717) is 43.2 Å². The van der Waals surface area contributed by atoms with Gasteiger partial charge < -0.3 is 4.74 Å². The maximum atomic E-state index is 13.0. The molecule has 0 saturated carbocycles. The van der Waals surface area contributed by atoms with E-state index in [0.717, 1.165) is 28.2 Å². The molecule has 0 aliphatic carbocycles. The summed E-state index contributed by atoms with van der Waals surface area (Å²) in [5, 5.41) is 0. The van der Waals surface area contributed by atoms with E-state index >= 15 is 0 Å². The minimum atomic E-state index is -3.71. The van der Waals surface area contributed by atoms with Crippen molar-refractivity contribution in [1.82, 2.24) is 4.31 Å². The van der Waals surface area contributed by atoms with Crippen molar-refractivity contribution in [2.24, 2.45) is 0 Å². The standard InChI is InChI=1S/C24H24ClNO4S2/c25-23-13-14-24(31-23)32(28,29)26-15-5-10-21(26)22(27)12-11-18-6-4-7-19(16-18)17-30-20-8-2-1-3-9-20/h1-4,6-9,13-14,16,21H,5,10-12,15,17H2/t21-/m0/s1. The van der Waals surface area contributed by atoms with E-state index in [2.05, 4.69) is 0 Å². The molecule has 4 rings (SSSR count). The van der Waals surface area contributed by atoms with E-state index in [-0.39, 0.29) is 9.99 Å². The Morgan fingerprint density at radius 2 is 1.84 bits per heavy atom. The fourth-order valence-corrected chi connectivity index (χ4v) is 7.18. The van der Waals surface area contributed by atoms with Crippen LogP contribution >= 0.6 is 22.9 Å². The van der Waals surface area contributed by atoms with Crippen LogP contribution in [0.2, 0.25) is 4.34 Å². The van der Waals surface area contributed by atoms with Crippen LogP contribution in [0.1, 0.15) is 30.4 Å². The Morgan fingerprint density at radius 1 is 1.06 bits per heavy atom. The maximum absolute atomic E-state index is 13.0. The third-order valence-electron chi connectivity index (χ3n) is 5.49. The highest BCUT2D eigenvalue weighted by atomic mass is 35.5.